The van der Waals surface area contributed by atoms with Crippen LogP contribution in [0.4, 0.5) is 5.82 Å². The van der Waals surface area contributed by atoms with Crippen LogP contribution >= 0.6 is 0 Å². The lowest BCUT2D eigenvalue weighted by atomic mass is 9.96. The number of esters is 1. The molecule has 1 aliphatic carbocycles. The molecule has 17 heavy (non-hydrogen) atoms. The average molecular weight is 237 g/mol. The Morgan fingerprint density at radius 3 is 2.65 bits per heavy atom. The van der Waals surface area contributed by atoms with E-state index in [0.29, 0.717) is 17.6 Å². The Morgan fingerprint density at radius 2 is 2.06 bits per heavy atom. The highest BCUT2D eigenvalue weighted by Gasteiger charge is 2.24. The van der Waals surface area contributed by atoms with E-state index in [0.717, 1.165) is 18.4 Å². The molecule has 94 valence electrons. The van der Waals surface area contributed by atoms with Gasteiger partial charge < -0.3 is 10.5 Å². The van der Waals surface area contributed by atoms with Crippen molar-refractivity contribution in [1.29, 1.82) is 0 Å². The van der Waals surface area contributed by atoms with Crippen LogP contribution in [0.2, 0.25) is 0 Å². The molecule has 0 bridgehead atoms. The minimum Gasteiger partial charge on any atom is -0.464 e. The maximum atomic E-state index is 11.5. The van der Waals surface area contributed by atoms with Crippen LogP contribution in [0.3, 0.4) is 0 Å². The van der Waals surface area contributed by atoms with Crippen molar-refractivity contribution >= 4 is 11.8 Å². The van der Waals surface area contributed by atoms with Gasteiger partial charge in [0.2, 0.25) is 0 Å². The van der Waals surface area contributed by atoms with Gasteiger partial charge in [0, 0.05) is 5.56 Å². The highest BCUT2D eigenvalue weighted by Crippen LogP contribution is 2.31. The Balaban J connectivity index is 2.31. The molecule has 0 amide bonds. The smallest absolute Gasteiger partial charge is 0.358 e. The van der Waals surface area contributed by atoms with Gasteiger partial charge in [0.05, 0.1) is 13.2 Å². The average Bonchev–Trinajstić information content (AvgIpc) is 2.67. The molecule has 1 aromatic heterocycles. The summed E-state index contributed by atoms with van der Waals surface area (Å²) in [6.45, 7) is 1.81. The normalized spacial score (nSPS) is 17.1. The first-order valence-corrected chi connectivity index (χ1v) is 6.08. The molecule has 0 aliphatic heterocycles. The Bertz CT molecular complexity index is 420. The molecule has 0 atom stereocenters. The molecule has 5 nitrogen and oxygen atoms in total. The van der Waals surface area contributed by atoms with Gasteiger partial charge in [-0.3, -0.25) is 0 Å². The van der Waals surface area contributed by atoms with Gasteiger partial charge in [0.25, 0.3) is 0 Å². The van der Waals surface area contributed by atoms with Crippen LogP contribution in [0.15, 0.2) is 0 Å². The molecule has 0 radical (unpaired) electrons. The van der Waals surface area contributed by atoms with E-state index in [4.69, 9.17) is 10.5 Å². The number of nitrogen functional groups attached to an aromatic ring is 1. The number of nitrogens with two attached hydrogens (primary N) is 1. The monoisotopic (exact) mass is 237 g/mol. The molecule has 0 spiro atoms. The second-order valence-electron chi connectivity index (χ2n) is 4.59. The molecule has 0 aromatic carbocycles. The molecule has 0 saturated heterocycles. The molecule has 1 saturated carbocycles. The van der Waals surface area contributed by atoms with E-state index >= 15 is 0 Å². The van der Waals surface area contributed by atoms with Crippen LogP contribution in [0.25, 0.3) is 0 Å². The molecule has 1 aromatic rings. The first kappa shape index (κ1) is 12.0. The Kier molecular flexibility index (Phi) is 3.36. The summed E-state index contributed by atoms with van der Waals surface area (Å²) >= 11 is 0. The van der Waals surface area contributed by atoms with E-state index in [-0.39, 0.29) is 0 Å². The molecule has 1 heterocycles. The van der Waals surface area contributed by atoms with Gasteiger partial charge in [-0.1, -0.05) is 19.3 Å². The molecule has 1 aliphatic rings. The third kappa shape index (κ3) is 2.14. The van der Waals surface area contributed by atoms with E-state index < -0.39 is 5.97 Å². The minimum absolute atomic E-state index is 0.334. The van der Waals surface area contributed by atoms with Crippen LogP contribution < -0.4 is 5.73 Å². The summed E-state index contributed by atoms with van der Waals surface area (Å²) in [7, 11) is 1.36. The zero-order chi connectivity index (χ0) is 12.4. The number of ether oxygens (including phenoxy) is 1. The second-order valence-corrected chi connectivity index (χ2v) is 4.59. The lowest BCUT2D eigenvalue weighted by Gasteiger charge is -2.22. The van der Waals surface area contributed by atoms with Crippen LogP contribution in [-0.2, 0) is 4.74 Å². The van der Waals surface area contributed by atoms with E-state index in [1.54, 1.807) is 4.68 Å². The van der Waals surface area contributed by atoms with Gasteiger partial charge >= 0.3 is 5.97 Å². The van der Waals surface area contributed by atoms with Gasteiger partial charge in [-0.05, 0) is 19.8 Å². The lowest BCUT2D eigenvalue weighted by Crippen LogP contribution is -2.16. The number of rotatable bonds is 2. The summed E-state index contributed by atoms with van der Waals surface area (Å²) in [6.07, 6.45) is 5.87. The van der Waals surface area contributed by atoms with Crippen LogP contribution in [-0.4, -0.2) is 22.9 Å². The van der Waals surface area contributed by atoms with Crippen molar-refractivity contribution in [3.8, 4) is 0 Å². The number of aromatic nitrogens is 2. The zero-order valence-corrected chi connectivity index (χ0v) is 10.4. The molecule has 2 rings (SSSR count). The molecule has 1 fully saturated rings. The number of anilines is 1. The summed E-state index contributed by atoms with van der Waals surface area (Å²) in [6, 6.07) is 0.334. The zero-order valence-electron chi connectivity index (χ0n) is 10.4. The predicted octanol–water partition coefficient (Wildman–Crippen LogP) is 2.07. The topological polar surface area (TPSA) is 70.1 Å². The van der Waals surface area contributed by atoms with Crippen LogP contribution in [0, 0.1) is 6.92 Å². The van der Waals surface area contributed by atoms with E-state index in [1.165, 1.54) is 26.4 Å². The van der Waals surface area contributed by atoms with Crippen LogP contribution in [0.5, 0.6) is 0 Å². The van der Waals surface area contributed by atoms with Gasteiger partial charge in [-0.2, -0.15) is 5.10 Å². The standard InChI is InChI=1S/C12H19N3O2/c1-8-10(12(16)17-2)14-15(11(8)13)9-6-4-3-5-7-9/h9H,3-7,13H2,1-2H3. The van der Waals surface area contributed by atoms with Gasteiger partial charge in [0.1, 0.15) is 5.82 Å². The van der Waals surface area contributed by atoms with Crippen molar-refractivity contribution in [3.63, 3.8) is 0 Å². The molecule has 5 heteroatoms. The Labute approximate surface area is 101 Å². The highest BCUT2D eigenvalue weighted by atomic mass is 16.5. The number of hydrogen-bond donors (Lipinski definition) is 1. The quantitative estimate of drug-likeness (QED) is 0.799. The fraction of sp³-hybridized carbons (Fsp3) is 0.667. The molecular weight excluding hydrogens is 218 g/mol. The fourth-order valence-corrected chi connectivity index (χ4v) is 2.42. The van der Waals surface area contributed by atoms with E-state index in [2.05, 4.69) is 5.10 Å². The maximum absolute atomic E-state index is 11.5. The molecule has 0 unspecified atom stereocenters. The van der Waals surface area contributed by atoms with Gasteiger partial charge in [-0.15, -0.1) is 0 Å². The number of carbonyl (C=O) groups excluding carboxylic acids is 1. The Hall–Kier alpha value is -1.52. The SMILES string of the molecule is COC(=O)c1nn(C2CCCCC2)c(N)c1C. The summed E-state index contributed by atoms with van der Waals surface area (Å²) < 4.78 is 6.51. The maximum Gasteiger partial charge on any atom is 0.358 e. The summed E-state index contributed by atoms with van der Waals surface area (Å²) in [5, 5.41) is 4.32. The predicted molar refractivity (Wildman–Crippen MR) is 64.8 cm³/mol. The highest BCUT2D eigenvalue weighted by molar-refractivity contribution is 5.90. The number of carbonyl (C=O) groups is 1. The second kappa shape index (κ2) is 4.77. The third-order valence-electron chi connectivity index (χ3n) is 3.49. The van der Waals surface area contributed by atoms with E-state index in [9.17, 15) is 4.79 Å². The van der Waals surface area contributed by atoms with Crippen molar-refractivity contribution in [2.75, 3.05) is 12.8 Å². The van der Waals surface area contributed by atoms with Crippen LogP contribution in [0.1, 0.15) is 54.2 Å². The summed E-state index contributed by atoms with van der Waals surface area (Å²) in [5.41, 5.74) is 7.09. The summed E-state index contributed by atoms with van der Waals surface area (Å²) in [5.74, 6) is 0.182. The van der Waals surface area contributed by atoms with Gasteiger partial charge in [-0.25, -0.2) is 9.48 Å². The fourth-order valence-electron chi connectivity index (χ4n) is 2.42. The molecular formula is C12H19N3O2. The summed E-state index contributed by atoms with van der Waals surface area (Å²) in [4.78, 5) is 11.5. The third-order valence-corrected chi connectivity index (χ3v) is 3.49. The number of methoxy groups -OCH3 is 1. The first-order chi connectivity index (χ1) is 8.15. The molecule has 2 N–H and O–H groups in total. The Morgan fingerprint density at radius 1 is 1.41 bits per heavy atom. The van der Waals surface area contributed by atoms with Crippen molar-refractivity contribution < 1.29 is 9.53 Å². The van der Waals surface area contributed by atoms with Crippen molar-refractivity contribution in [3.05, 3.63) is 11.3 Å². The van der Waals surface area contributed by atoms with Crippen molar-refractivity contribution in [1.82, 2.24) is 9.78 Å². The first-order valence-electron chi connectivity index (χ1n) is 6.08. The number of hydrogen-bond acceptors (Lipinski definition) is 4. The number of nitrogens with zero attached hydrogens (tertiary/aromatic N) is 2. The lowest BCUT2D eigenvalue weighted by molar-refractivity contribution is 0.0591. The largest absolute Gasteiger partial charge is 0.464 e. The van der Waals surface area contributed by atoms with Gasteiger partial charge in [0.15, 0.2) is 5.69 Å². The minimum atomic E-state index is -0.413. The van der Waals surface area contributed by atoms with E-state index in [1.807, 2.05) is 6.92 Å². The van der Waals surface area contributed by atoms with Crippen molar-refractivity contribution in [2.45, 2.75) is 45.1 Å². The van der Waals surface area contributed by atoms with Crippen molar-refractivity contribution in [2.24, 2.45) is 0 Å².